The van der Waals surface area contributed by atoms with Crippen molar-refractivity contribution in [3.63, 3.8) is 0 Å². The number of hydrogen-bond donors (Lipinski definition) is 1. The molecule has 0 aliphatic rings. The summed E-state index contributed by atoms with van der Waals surface area (Å²) < 4.78 is 5.32. The molecule has 1 N–H and O–H groups in total. The Morgan fingerprint density at radius 3 is 2.72 bits per heavy atom. The van der Waals surface area contributed by atoms with Gasteiger partial charge < -0.3 is 10.1 Å². The molecule has 0 saturated heterocycles. The van der Waals surface area contributed by atoms with E-state index in [-0.39, 0.29) is 0 Å². The summed E-state index contributed by atoms with van der Waals surface area (Å²) in [5.41, 5.74) is 1.24. The highest BCUT2D eigenvalue weighted by Crippen LogP contribution is 2.17. The van der Waals surface area contributed by atoms with Gasteiger partial charge in [-0.15, -0.1) is 0 Å². The summed E-state index contributed by atoms with van der Waals surface area (Å²) in [5.74, 6) is 1.70. The van der Waals surface area contributed by atoms with E-state index in [0.717, 1.165) is 37.6 Å². The minimum atomic E-state index is 0.725. The van der Waals surface area contributed by atoms with E-state index in [9.17, 15) is 0 Å². The van der Waals surface area contributed by atoms with Gasteiger partial charge in [-0.2, -0.15) is 0 Å². The van der Waals surface area contributed by atoms with Crippen LogP contribution in [-0.4, -0.2) is 20.2 Å². The molecule has 1 rings (SSSR count). The standard InChI is InChI=1S/C16H25NO/c1-14(2)13-17-12-8-4-5-9-15-10-6-7-11-16(15)18-3/h4-7,10-11,14,17H,8-9,12-13H2,1-3H3. The highest BCUT2D eigenvalue weighted by atomic mass is 16.5. The lowest BCUT2D eigenvalue weighted by Gasteiger charge is -2.06. The van der Waals surface area contributed by atoms with Crippen LogP contribution in [-0.2, 0) is 6.42 Å². The maximum atomic E-state index is 5.32. The van der Waals surface area contributed by atoms with Crippen molar-refractivity contribution < 1.29 is 4.74 Å². The molecule has 0 bridgehead atoms. The molecule has 0 aliphatic heterocycles. The highest BCUT2D eigenvalue weighted by molar-refractivity contribution is 5.34. The number of ether oxygens (including phenoxy) is 1. The average Bonchev–Trinajstić information content (AvgIpc) is 2.37. The van der Waals surface area contributed by atoms with Crippen molar-refractivity contribution in [2.24, 2.45) is 5.92 Å². The number of allylic oxidation sites excluding steroid dienone is 1. The van der Waals surface area contributed by atoms with Crippen LogP contribution in [0.5, 0.6) is 5.75 Å². The van der Waals surface area contributed by atoms with E-state index in [2.05, 4.69) is 43.4 Å². The normalized spacial score (nSPS) is 11.3. The van der Waals surface area contributed by atoms with Crippen LogP contribution in [0.2, 0.25) is 0 Å². The summed E-state index contributed by atoms with van der Waals surface area (Å²) >= 11 is 0. The van der Waals surface area contributed by atoms with Gasteiger partial charge in [0.1, 0.15) is 5.75 Å². The van der Waals surface area contributed by atoms with E-state index in [1.54, 1.807) is 7.11 Å². The second kappa shape index (κ2) is 8.76. The number of hydrogen-bond acceptors (Lipinski definition) is 2. The molecule has 0 amide bonds. The molecule has 0 aromatic heterocycles. The predicted molar refractivity (Wildman–Crippen MR) is 78.2 cm³/mol. The SMILES string of the molecule is COc1ccccc1CC=CCCNCC(C)C. The lowest BCUT2D eigenvalue weighted by molar-refractivity contribution is 0.410. The second-order valence-corrected chi connectivity index (χ2v) is 4.87. The van der Waals surface area contributed by atoms with Gasteiger partial charge in [0, 0.05) is 0 Å². The maximum Gasteiger partial charge on any atom is 0.122 e. The summed E-state index contributed by atoms with van der Waals surface area (Å²) in [4.78, 5) is 0. The molecule has 0 unspecified atom stereocenters. The third-order valence-electron chi connectivity index (χ3n) is 2.74. The van der Waals surface area contributed by atoms with Crippen LogP contribution in [0.3, 0.4) is 0 Å². The highest BCUT2D eigenvalue weighted by Gasteiger charge is 1.97. The largest absolute Gasteiger partial charge is 0.496 e. The van der Waals surface area contributed by atoms with Crippen molar-refractivity contribution in [2.75, 3.05) is 20.2 Å². The molecular formula is C16H25NO. The van der Waals surface area contributed by atoms with Gasteiger partial charge in [0.15, 0.2) is 0 Å². The molecule has 0 fully saturated rings. The van der Waals surface area contributed by atoms with Crippen molar-refractivity contribution in [3.05, 3.63) is 42.0 Å². The molecule has 0 heterocycles. The molecule has 0 radical (unpaired) electrons. The van der Waals surface area contributed by atoms with Crippen LogP contribution in [0.25, 0.3) is 0 Å². The first-order valence-corrected chi connectivity index (χ1v) is 6.71. The Balaban J connectivity index is 2.23. The lowest BCUT2D eigenvalue weighted by Crippen LogP contribution is -2.20. The first-order chi connectivity index (χ1) is 8.74. The van der Waals surface area contributed by atoms with Gasteiger partial charge in [0.2, 0.25) is 0 Å². The van der Waals surface area contributed by atoms with Crippen LogP contribution < -0.4 is 10.1 Å². The molecule has 0 saturated carbocycles. The number of methoxy groups -OCH3 is 1. The van der Waals surface area contributed by atoms with E-state index in [1.165, 1.54) is 5.56 Å². The van der Waals surface area contributed by atoms with Crippen molar-refractivity contribution >= 4 is 0 Å². The molecule has 1 aromatic rings. The summed E-state index contributed by atoms with van der Waals surface area (Å²) in [6.45, 7) is 6.61. The van der Waals surface area contributed by atoms with Crippen LogP contribution in [0.4, 0.5) is 0 Å². The summed E-state index contributed by atoms with van der Waals surface area (Å²) in [6, 6.07) is 8.17. The number of nitrogens with one attached hydrogen (secondary N) is 1. The Bertz CT molecular complexity index is 358. The fraction of sp³-hybridized carbons (Fsp3) is 0.500. The fourth-order valence-electron chi connectivity index (χ4n) is 1.78. The average molecular weight is 247 g/mol. The minimum absolute atomic E-state index is 0.725. The maximum absolute atomic E-state index is 5.32. The third-order valence-corrected chi connectivity index (χ3v) is 2.74. The Labute approximate surface area is 111 Å². The molecule has 2 nitrogen and oxygen atoms in total. The molecule has 2 heteroatoms. The van der Waals surface area contributed by atoms with Gasteiger partial charge in [-0.1, -0.05) is 44.2 Å². The van der Waals surface area contributed by atoms with Gasteiger partial charge >= 0.3 is 0 Å². The smallest absolute Gasteiger partial charge is 0.122 e. The fourth-order valence-corrected chi connectivity index (χ4v) is 1.78. The topological polar surface area (TPSA) is 21.3 Å². The molecule has 1 aromatic carbocycles. The van der Waals surface area contributed by atoms with Gasteiger partial charge in [-0.3, -0.25) is 0 Å². The summed E-state index contributed by atoms with van der Waals surface area (Å²) in [6.07, 6.45) is 6.48. The third kappa shape index (κ3) is 5.87. The minimum Gasteiger partial charge on any atom is -0.496 e. The lowest BCUT2D eigenvalue weighted by atomic mass is 10.1. The van der Waals surface area contributed by atoms with E-state index in [0.29, 0.717) is 0 Å². The van der Waals surface area contributed by atoms with E-state index < -0.39 is 0 Å². The Morgan fingerprint density at radius 1 is 1.22 bits per heavy atom. The van der Waals surface area contributed by atoms with E-state index >= 15 is 0 Å². The first-order valence-electron chi connectivity index (χ1n) is 6.71. The second-order valence-electron chi connectivity index (χ2n) is 4.87. The number of para-hydroxylation sites is 1. The zero-order valence-corrected chi connectivity index (χ0v) is 11.8. The Hall–Kier alpha value is -1.28. The molecule has 0 spiro atoms. The van der Waals surface area contributed by atoms with Crippen LogP contribution in [0.15, 0.2) is 36.4 Å². The van der Waals surface area contributed by atoms with Crippen LogP contribution >= 0.6 is 0 Å². The zero-order chi connectivity index (χ0) is 13.2. The van der Waals surface area contributed by atoms with Crippen molar-refractivity contribution in [1.82, 2.24) is 5.32 Å². The molecule has 100 valence electrons. The van der Waals surface area contributed by atoms with E-state index in [1.807, 2.05) is 12.1 Å². The van der Waals surface area contributed by atoms with Gasteiger partial charge in [0.05, 0.1) is 7.11 Å². The van der Waals surface area contributed by atoms with E-state index in [4.69, 9.17) is 4.74 Å². The van der Waals surface area contributed by atoms with Gasteiger partial charge in [-0.25, -0.2) is 0 Å². The molecule has 0 atom stereocenters. The molecular weight excluding hydrogens is 222 g/mol. The van der Waals surface area contributed by atoms with Crippen molar-refractivity contribution in [1.29, 1.82) is 0 Å². The number of benzene rings is 1. The van der Waals surface area contributed by atoms with Gasteiger partial charge in [-0.05, 0) is 43.5 Å². The van der Waals surface area contributed by atoms with Crippen molar-refractivity contribution in [3.8, 4) is 5.75 Å². The zero-order valence-electron chi connectivity index (χ0n) is 11.8. The Morgan fingerprint density at radius 2 is 2.00 bits per heavy atom. The number of rotatable bonds is 8. The monoisotopic (exact) mass is 247 g/mol. The van der Waals surface area contributed by atoms with Crippen LogP contribution in [0, 0.1) is 5.92 Å². The van der Waals surface area contributed by atoms with Gasteiger partial charge in [0.25, 0.3) is 0 Å². The summed E-state index contributed by atoms with van der Waals surface area (Å²) in [5, 5.41) is 3.43. The molecule has 0 aliphatic carbocycles. The van der Waals surface area contributed by atoms with Crippen molar-refractivity contribution in [2.45, 2.75) is 26.7 Å². The Kier molecular flexibility index (Phi) is 7.19. The molecule has 18 heavy (non-hydrogen) atoms. The predicted octanol–water partition coefficient (Wildman–Crippen LogP) is 3.43. The first kappa shape index (κ1) is 14.8. The van der Waals surface area contributed by atoms with Crippen LogP contribution in [0.1, 0.15) is 25.8 Å². The summed E-state index contributed by atoms with van der Waals surface area (Å²) in [7, 11) is 1.72. The quantitative estimate of drug-likeness (QED) is 0.561.